The fourth-order valence-electron chi connectivity index (χ4n) is 2.61. The van der Waals surface area contributed by atoms with Crippen molar-refractivity contribution in [2.45, 2.75) is 39.0 Å². The maximum absolute atomic E-state index is 14.2. The maximum Gasteiger partial charge on any atom is 0.165 e. The van der Waals surface area contributed by atoms with Crippen LogP contribution in [0.4, 0.5) is 4.39 Å². The number of aromatic nitrogens is 2. The molecule has 0 fully saturated rings. The van der Waals surface area contributed by atoms with Crippen LogP contribution in [0.3, 0.4) is 0 Å². The molecule has 0 saturated heterocycles. The Morgan fingerprint density at radius 2 is 2.00 bits per heavy atom. The van der Waals surface area contributed by atoms with E-state index in [1.54, 1.807) is 6.07 Å². The molecule has 2 N–H and O–H groups in total. The summed E-state index contributed by atoms with van der Waals surface area (Å²) in [7, 11) is 1.90. The van der Waals surface area contributed by atoms with Gasteiger partial charge in [0.15, 0.2) is 11.6 Å². The largest absolute Gasteiger partial charge is 0.491 e. The lowest BCUT2D eigenvalue weighted by Gasteiger charge is -2.17. The fourth-order valence-corrected chi connectivity index (χ4v) is 2.61. The number of halogens is 1. The third kappa shape index (κ3) is 3.72. The molecule has 0 spiro atoms. The molecule has 0 aliphatic rings. The molecule has 0 bridgehead atoms. The first-order valence-corrected chi connectivity index (χ1v) is 7.94. The summed E-state index contributed by atoms with van der Waals surface area (Å²) >= 11 is 0. The van der Waals surface area contributed by atoms with Crippen molar-refractivity contribution in [1.29, 1.82) is 0 Å². The highest BCUT2D eigenvalue weighted by atomic mass is 19.1. The molecule has 0 radical (unpaired) electrons. The molecule has 126 valence electrons. The van der Waals surface area contributed by atoms with Gasteiger partial charge in [-0.3, -0.25) is 4.68 Å². The van der Waals surface area contributed by atoms with Crippen LogP contribution in [0.15, 0.2) is 24.3 Å². The molecule has 5 heteroatoms. The quantitative estimate of drug-likeness (QED) is 0.919. The summed E-state index contributed by atoms with van der Waals surface area (Å²) in [4.78, 5) is 0. The standard InChI is InChI=1S/C18H26FN3O/c1-6-23-16-8-7-12(9-14(16)19)13(11-20)15-10-17(18(2,3)4)21-22(15)5/h7-10,13H,6,11,20H2,1-5H3. The van der Waals surface area contributed by atoms with E-state index in [-0.39, 0.29) is 22.9 Å². The van der Waals surface area contributed by atoms with Crippen molar-refractivity contribution >= 4 is 0 Å². The molecule has 23 heavy (non-hydrogen) atoms. The topological polar surface area (TPSA) is 53.1 Å². The second-order valence-electron chi connectivity index (χ2n) is 6.74. The van der Waals surface area contributed by atoms with E-state index in [1.165, 1.54) is 6.07 Å². The van der Waals surface area contributed by atoms with Crippen LogP contribution in [0.2, 0.25) is 0 Å². The van der Waals surface area contributed by atoms with Crippen LogP contribution in [0, 0.1) is 5.82 Å². The molecule has 1 atom stereocenters. The first kappa shape index (κ1) is 17.5. The summed E-state index contributed by atoms with van der Waals surface area (Å²) in [6.45, 7) is 9.01. The minimum Gasteiger partial charge on any atom is -0.491 e. The van der Waals surface area contributed by atoms with Crippen LogP contribution in [0.5, 0.6) is 5.75 Å². The van der Waals surface area contributed by atoms with E-state index >= 15 is 0 Å². The predicted molar refractivity (Wildman–Crippen MR) is 90.4 cm³/mol. The van der Waals surface area contributed by atoms with Gasteiger partial charge in [0.05, 0.1) is 12.3 Å². The zero-order valence-electron chi connectivity index (χ0n) is 14.6. The molecule has 0 amide bonds. The average molecular weight is 319 g/mol. The lowest BCUT2D eigenvalue weighted by atomic mass is 9.90. The van der Waals surface area contributed by atoms with Crippen molar-refractivity contribution < 1.29 is 9.13 Å². The van der Waals surface area contributed by atoms with Gasteiger partial charge in [0.1, 0.15) is 0 Å². The van der Waals surface area contributed by atoms with Crippen molar-refractivity contribution in [3.05, 3.63) is 47.0 Å². The average Bonchev–Trinajstić information content (AvgIpc) is 2.85. The summed E-state index contributed by atoms with van der Waals surface area (Å²) in [5, 5.41) is 4.59. The van der Waals surface area contributed by atoms with Crippen LogP contribution in [0.1, 0.15) is 50.6 Å². The second kappa shape index (κ2) is 6.71. The Bertz CT molecular complexity index is 673. The van der Waals surface area contributed by atoms with E-state index in [9.17, 15) is 4.39 Å². The third-order valence-corrected chi connectivity index (χ3v) is 3.94. The van der Waals surface area contributed by atoms with Gasteiger partial charge in [-0.1, -0.05) is 26.8 Å². The van der Waals surface area contributed by atoms with E-state index < -0.39 is 0 Å². The van der Waals surface area contributed by atoms with Crippen LogP contribution in [-0.2, 0) is 12.5 Å². The summed E-state index contributed by atoms with van der Waals surface area (Å²) < 4.78 is 21.3. The smallest absolute Gasteiger partial charge is 0.165 e. The Labute approximate surface area is 137 Å². The van der Waals surface area contributed by atoms with Gasteiger partial charge in [0, 0.05) is 30.6 Å². The van der Waals surface area contributed by atoms with E-state index in [1.807, 2.05) is 24.7 Å². The Morgan fingerprint density at radius 3 is 2.48 bits per heavy atom. The number of rotatable bonds is 5. The summed E-state index contributed by atoms with van der Waals surface area (Å²) in [6, 6.07) is 7.10. The van der Waals surface area contributed by atoms with E-state index in [0.29, 0.717) is 13.2 Å². The molecule has 2 aromatic rings. The molecular weight excluding hydrogens is 293 g/mol. The van der Waals surface area contributed by atoms with Crippen LogP contribution < -0.4 is 10.5 Å². The highest BCUT2D eigenvalue weighted by molar-refractivity contribution is 5.36. The highest BCUT2D eigenvalue weighted by Crippen LogP contribution is 2.30. The lowest BCUT2D eigenvalue weighted by molar-refractivity contribution is 0.321. The Balaban J connectivity index is 2.40. The molecule has 0 saturated carbocycles. The van der Waals surface area contributed by atoms with E-state index in [2.05, 4.69) is 31.9 Å². The number of hydrogen-bond acceptors (Lipinski definition) is 3. The molecule has 1 aromatic heterocycles. The first-order valence-electron chi connectivity index (χ1n) is 7.94. The van der Waals surface area contributed by atoms with E-state index in [0.717, 1.165) is 17.0 Å². The third-order valence-electron chi connectivity index (χ3n) is 3.94. The van der Waals surface area contributed by atoms with Crippen molar-refractivity contribution in [2.75, 3.05) is 13.2 Å². The second-order valence-corrected chi connectivity index (χ2v) is 6.74. The molecule has 1 heterocycles. The first-order chi connectivity index (χ1) is 10.8. The van der Waals surface area contributed by atoms with Crippen molar-refractivity contribution in [3.8, 4) is 5.75 Å². The number of ether oxygens (including phenoxy) is 1. The maximum atomic E-state index is 14.2. The van der Waals surface area contributed by atoms with Crippen molar-refractivity contribution in [3.63, 3.8) is 0 Å². The number of aryl methyl sites for hydroxylation is 1. The van der Waals surface area contributed by atoms with Gasteiger partial charge >= 0.3 is 0 Å². The predicted octanol–water partition coefficient (Wildman–Crippen LogP) is 3.35. The number of nitrogens with two attached hydrogens (primary N) is 1. The summed E-state index contributed by atoms with van der Waals surface area (Å²) in [5.41, 5.74) is 8.75. The van der Waals surface area contributed by atoms with Gasteiger partial charge < -0.3 is 10.5 Å². The summed E-state index contributed by atoms with van der Waals surface area (Å²) in [6.07, 6.45) is 0. The molecule has 2 rings (SSSR count). The molecular formula is C18H26FN3O. The molecule has 1 aromatic carbocycles. The monoisotopic (exact) mass is 319 g/mol. The zero-order chi connectivity index (χ0) is 17.2. The summed E-state index contributed by atoms with van der Waals surface area (Å²) in [5.74, 6) is -0.192. The molecule has 1 unspecified atom stereocenters. The van der Waals surface area contributed by atoms with Crippen LogP contribution in [0.25, 0.3) is 0 Å². The van der Waals surface area contributed by atoms with Gasteiger partial charge in [-0.25, -0.2) is 4.39 Å². The van der Waals surface area contributed by atoms with Gasteiger partial charge in [0.25, 0.3) is 0 Å². The van der Waals surface area contributed by atoms with Crippen molar-refractivity contribution in [1.82, 2.24) is 9.78 Å². The minimum atomic E-state index is -0.360. The molecule has 0 aliphatic heterocycles. The molecule has 4 nitrogen and oxygen atoms in total. The number of nitrogens with zero attached hydrogens (tertiary/aromatic N) is 2. The Kier molecular flexibility index (Phi) is 5.09. The van der Waals surface area contributed by atoms with Gasteiger partial charge in [-0.05, 0) is 30.7 Å². The van der Waals surface area contributed by atoms with Crippen molar-refractivity contribution in [2.24, 2.45) is 12.8 Å². The Morgan fingerprint density at radius 1 is 1.30 bits per heavy atom. The lowest BCUT2D eigenvalue weighted by Crippen LogP contribution is -2.17. The fraction of sp³-hybridized carbons (Fsp3) is 0.500. The van der Waals surface area contributed by atoms with E-state index in [4.69, 9.17) is 10.5 Å². The van der Waals surface area contributed by atoms with Gasteiger partial charge in [-0.2, -0.15) is 5.10 Å². The van der Waals surface area contributed by atoms with Gasteiger partial charge in [0.2, 0.25) is 0 Å². The zero-order valence-corrected chi connectivity index (χ0v) is 14.6. The number of hydrogen-bond donors (Lipinski definition) is 1. The molecule has 0 aliphatic carbocycles. The normalized spacial score (nSPS) is 13.2. The highest BCUT2D eigenvalue weighted by Gasteiger charge is 2.24. The van der Waals surface area contributed by atoms with Crippen LogP contribution >= 0.6 is 0 Å². The van der Waals surface area contributed by atoms with Crippen LogP contribution in [-0.4, -0.2) is 22.9 Å². The minimum absolute atomic E-state index is 0.0424. The Hall–Kier alpha value is -1.88. The number of benzene rings is 1. The SMILES string of the molecule is CCOc1ccc(C(CN)c2cc(C(C)(C)C)nn2C)cc1F. The van der Waals surface area contributed by atoms with Gasteiger partial charge in [-0.15, -0.1) is 0 Å².